The number of benzene rings is 3. The molecule has 5 heterocycles. The molecule has 0 radical (unpaired) electrons. The largest absolute Gasteiger partial charge is 0.562 e. The van der Waals surface area contributed by atoms with Crippen molar-refractivity contribution >= 4 is 52.0 Å². The van der Waals surface area contributed by atoms with Crippen LogP contribution in [0.3, 0.4) is 0 Å². The van der Waals surface area contributed by atoms with E-state index < -0.39 is 7.19 Å². The third-order valence-corrected chi connectivity index (χ3v) is 7.53. The van der Waals surface area contributed by atoms with E-state index in [1.54, 1.807) is 0 Å². The highest BCUT2D eigenvalue weighted by atomic mass is 16.5. The maximum atomic E-state index is 8.89. The zero-order valence-electron chi connectivity index (χ0n) is 22.1. The molecule has 11 heteroatoms. The molecule has 0 amide bonds. The summed E-state index contributed by atoms with van der Waals surface area (Å²) >= 11 is 0. The first-order valence-corrected chi connectivity index (χ1v) is 13.7. The third kappa shape index (κ3) is 3.81. The summed E-state index contributed by atoms with van der Waals surface area (Å²) in [5.74, 6) is 2.74. The molecule has 4 bridgehead atoms. The van der Waals surface area contributed by atoms with Crippen LogP contribution in [0.1, 0.15) is 11.1 Å². The molecule has 0 aliphatic carbocycles. The van der Waals surface area contributed by atoms with Crippen LogP contribution >= 0.6 is 0 Å². The van der Waals surface area contributed by atoms with Gasteiger partial charge in [-0.05, 0) is 0 Å². The van der Waals surface area contributed by atoms with Gasteiger partial charge >= 0.3 is 7.19 Å². The minimum atomic E-state index is -0.606. The normalized spacial score (nSPS) is 14.5. The topological polar surface area (TPSA) is 107 Å². The number of aliphatic hydroxyl groups excluding tert-OH is 1. The predicted molar refractivity (Wildman–Crippen MR) is 156 cm³/mol. The first-order chi connectivity index (χ1) is 20.3. The van der Waals surface area contributed by atoms with Gasteiger partial charge in [0, 0.05) is 32.7 Å². The smallest absolute Gasteiger partial charge is 0.395 e. The van der Waals surface area contributed by atoms with Crippen LogP contribution in [0.15, 0.2) is 92.8 Å². The summed E-state index contributed by atoms with van der Waals surface area (Å²) < 4.78 is 21.8. The molecule has 3 aliphatic rings. The first-order valence-electron chi connectivity index (χ1n) is 13.7. The number of ether oxygens (including phenoxy) is 2. The van der Waals surface area contributed by atoms with Crippen molar-refractivity contribution in [1.82, 2.24) is 8.96 Å². The van der Waals surface area contributed by atoms with Gasteiger partial charge in [0.05, 0.1) is 39.6 Å². The predicted octanol–water partition coefficient (Wildman–Crippen LogP) is 2.76. The van der Waals surface area contributed by atoms with Crippen LogP contribution in [0.5, 0.6) is 0 Å². The third-order valence-electron chi connectivity index (χ3n) is 7.53. The molecule has 0 fully saturated rings. The Bertz CT molecular complexity index is 2030. The molecular formula is C30H25BN6O4. The lowest BCUT2D eigenvalue weighted by atomic mass is 9.98. The van der Waals surface area contributed by atoms with Crippen molar-refractivity contribution in [1.29, 1.82) is 0 Å². The van der Waals surface area contributed by atoms with E-state index in [1.165, 1.54) is 0 Å². The molecule has 41 heavy (non-hydrogen) atoms. The number of amidine groups is 2. The number of nitrogens with zero attached hydrogens (tertiary/aromatic N) is 6. The molecule has 10 nitrogen and oxygen atoms in total. The Morgan fingerprint density at radius 3 is 1.78 bits per heavy atom. The first kappa shape index (κ1) is 24.4. The number of rotatable bonds is 9. The number of aliphatic hydroxyl groups is 1. The minimum absolute atomic E-state index is 0.00558. The van der Waals surface area contributed by atoms with Crippen molar-refractivity contribution in [3.8, 4) is 0 Å². The molecule has 0 unspecified atom stereocenters. The highest BCUT2D eigenvalue weighted by molar-refractivity contribution is 6.51. The van der Waals surface area contributed by atoms with E-state index in [-0.39, 0.29) is 6.61 Å². The van der Waals surface area contributed by atoms with Crippen molar-refractivity contribution in [2.24, 2.45) is 20.0 Å². The number of fused-ring (bicyclic) bond motifs is 10. The maximum absolute atomic E-state index is 8.89. The monoisotopic (exact) mass is 544 g/mol. The van der Waals surface area contributed by atoms with Gasteiger partial charge in [0.25, 0.3) is 0 Å². The molecule has 0 spiro atoms. The van der Waals surface area contributed by atoms with Gasteiger partial charge in [-0.25, -0.2) is 20.0 Å². The fourth-order valence-electron chi connectivity index (χ4n) is 5.77. The molecule has 0 saturated carbocycles. The second kappa shape index (κ2) is 9.90. The Kier molecular flexibility index (Phi) is 5.89. The van der Waals surface area contributed by atoms with Gasteiger partial charge in [-0.2, -0.15) is 0 Å². The summed E-state index contributed by atoms with van der Waals surface area (Å²) in [6, 6.07) is 24.4. The van der Waals surface area contributed by atoms with Gasteiger partial charge in [0.2, 0.25) is 0 Å². The van der Waals surface area contributed by atoms with Crippen LogP contribution in [0, 0.1) is 0 Å². The fraction of sp³-hybridized carbons (Fsp3) is 0.200. The van der Waals surface area contributed by atoms with Crippen molar-refractivity contribution < 1.29 is 19.2 Å². The SMILES string of the molecule is OCCOCCOCCOB1n2c3c4ccccc4c2N=c2c4ccccc4c(n21)=NC1=NC(=N3)c2ccccc21. The zero-order chi connectivity index (χ0) is 27.3. The van der Waals surface area contributed by atoms with Crippen LogP contribution in [0.4, 0.5) is 11.6 Å². The molecule has 2 aromatic heterocycles. The quantitative estimate of drug-likeness (QED) is 0.228. The Labute approximate surface area is 234 Å². The summed E-state index contributed by atoms with van der Waals surface area (Å²) in [6.45, 7) is 1.81. The van der Waals surface area contributed by atoms with Gasteiger partial charge in [0.1, 0.15) is 22.6 Å². The number of aromatic nitrogens is 2. The Balaban J connectivity index is 1.35. The lowest BCUT2D eigenvalue weighted by molar-refractivity contribution is 0.0239. The number of aliphatic imine (C=N–C) groups is 2. The van der Waals surface area contributed by atoms with Gasteiger partial charge in [-0.3, -0.25) is 0 Å². The highest BCUT2D eigenvalue weighted by Crippen LogP contribution is 2.40. The van der Waals surface area contributed by atoms with Crippen LogP contribution < -0.4 is 11.0 Å². The van der Waals surface area contributed by atoms with Crippen molar-refractivity contribution in [2.45, 2.75) is 0 Å². The average molecular weight is 544 g/mol. The van der Waals surface area contributed by atoms with Crippen LogP contribution in [0.25, 0.3) is 21.5 Å². The number of hydrogen-bond donors (Lipinski definition) is 1. The van der Waals surface area contributed by atoms with Gasteiger partial charge in [-0.1, -0.05) is 72.8 Å². The standard InChI is InChI=1S/C30H25BN6O4/c38-13-14-39-15-16-40-17-18-41-31-36-27-21-9-3-5-11-23(21)29(36)35-30-24-12-6-4-10-22(24)28(37(30)31)34-26-20-8-2-1-7-19(20)25(32-26)33-27/h1-12,38H,13-18H2. The highest BCUT2D eigenvalue weighted by Gasteiger charge is 2.38. The fourth-order valence-corrected chi connectivity index (χ4v) is 5.77. The summed E-state index contributed by atoms with van der Waals surface area (Å²) in [7, 11) is -0.606. The Morgan fingerprint density at radius 2 is 1.10 bits per heavy atom. The molecule has 1 N–H and O–H groups in total. The van der Waals surface area contributed by atoms with Crippen molar-refractivity contribution in [3.05, 3.63) is 94.9 Å². The Hall–Kier alpha value is -4.42. The zero-order valence-corrected chi connectivity index (χ0v) is 22.1. The minimum Gasteiger partial charge on any atom is -0.395 e. The van der Waals surface area contributed by atoms with Gasteiger partial charge < -0.3 is 28.2 Å². The molecule has 8 rings (SSSR count). The van der Waals surface area contributed by atoms with E-state index in [4.69, 9.17) is 39.2 Å². The van der Waals surface area contributed by atoms with Crippen LogP contribution in [0.2, 0.25) is 0 Å². The molecule has 3 aliphatic heterocycles. The van der Waals surface area contributed by atoms with Crippen LogP contribution in [-0.4, -0.2) is 72.6 Å². The molecular weight excluding hydrogens is 519 g/mol. The molecule has 0 atom stereocenters. The van der Waals surface area contributed by atoms with E-state index in [9.17, 15) is 0 Å². The average Bonchev–Trinajstić information content (AvgIpc) is 3.63. The van der Waals surface area contributed by atoms with Crippen molar-refractivity contribution in [3.63, 3.8) is 0 Å². The second-order valence-corrected chi connectivity index (χ2v) is 9.91. The van der Waals surface area contributed by atoms with Crippen LogP contribution in [-0.2, 0) is 14.1 Å². The molecule has 202 valence electrons. The summed E-state index contributed by atoms with van der Waals surface area (Å²) in [4.78, 5) is 20.5. The summed E-state index contributed by atoms with van der Waals surface area (Å²) in [5.41, 5.74) is 3.40. The lowest BCUT2D eigenvalue weighted by Crippen LogP contribution is -2.50. The van der Waals surface area contributed by atoms with E-state index in [0.29, 0.717) is 44.7 Å². The van der Waals surface area contributed by atoms with E-state index >= 15 is 0 Å². The molecule has 0 saturated heterocycles. The second-order valence-electron chi connectivity index (χ2n) is 9.91. The maximum Gasteiger partial charge on any atom is 0.562 e. The number of hydrogen-bond acceptors (Lipinski definition) is 8. The van der Waals surface area contributed by atoms with Gasteiger partial charge in [0.15, 0.2) is 11.7 Å². The Morgan fingerprint density at radius 1 is 0.561 bits per heavy atom. The molecule has 5 aromatic rings. The summed E-state index contributed by atoms with van der Waals surface area (Å²) in [5, 5.41) is 12.8. The van der Waals surface area contributed by atoms with E-state index in [2.05, 4.69) is 24.3 Å². The van der Waals surface area contributed by atoms with E-state index in [0.717, 1.165) is 55.3 Å². The van der Waals surface area contributed by atoms with E-state index in [1.807, 2.05) is 57.5 Å². The lowest BCUT2D eigenvalue weighted by Gasteiger charge is -2.23. The van der Waals surface area contributed by atoms with Gasteiger partial charge in [-0.15, -0.1) is 0 Å². The van der Waals surface area contributed by atoms with Crippen molar-refractivity contribution in [2.75, 3.05) is 39.6 Å². The molecule has 3 aromatic carbocycles. The summed E-state index contributed by atoms with van der Waals surface area (Å²) in [6.07, 6.45) is 0.